The summed E-state index contributed by atoms with van der Waals surface area (Å²) >= 11 is 0. The highest BCUT2D eigenvalue weighted by atomic mass is 14.4. The summed E-state index contributed by atoms with van der Waals surface area (Å²) < 4.78 is 0. The fourth-order valence-electron chi connectivity index (χ4n) is 5.57. The van der Waals surface area contributed by atoms with Crippen LogP contribution in [-0.4, -0.2) is 0 Å². The predicted octanol–water partition coefficient (Wildman–Crippen LogP) is 7.62. The molecule has 3 atom stereocenters. The van der Waals surface area contributed by atoms with Gasteiger partial charge in [-0.05, 0) is 55.3 Å². The van der Waals surface area contributed by atoms with Gasteiger partial charge in [-0.25, -0.2) is 0 Å². The van der Waals surface area contributed by atoms with Crippen molar-refractivity contribution in [2.75, 3.05) is 0 Å². The van der Waals surface area contributed by atoms with E-state index in [1.54, 1.807) is 44.9 Å². The lowest BCUT2D eigenvalue weighted by atomic mass is 9.64. The first-order valence-corrected chi connectivity index (χ1v) is 10.7. The van der Waals surface area contributed by atoms with E-state index in [2.05, 4.69) is 20.8 Å². The van der Waals surface area contributed by atoms with E-state index in [4.69, 9.17) is 0 Å². The third-order valence-corrected chi connectivity index (χ3v) is 7.02. The molecular weight excluding hydrogens is 264 g/mol. The maximum absolute atomic E-state index is 2.58. The molecule has 0 aliphatic heterocycles. The summed E-state index contributed by atoms with van der Waals surface area (Å²) in [6, 6.07) is 0. The average molecular weight is 307 g/mol. The summed E-state index contributed by atoms with van der Waals surface area (Å²) in [5.41, 5.74) is 0. The van der Waals surface area contributed by atoms with Gasteiger partial charge >= 0.3 is 0 Å². The van der Waals surface area contributed by atoms with E-state index < -0.39 is 0 Å². The van der Waals surface area contributed by atoms with Crippen LogP contribution in [0.2, 0.25) is 0 Å². The molecule has 0 aromatic heterocycles. The van der Waals surface area contributed by atoms with Crippen molar-refractivity contribution < 1.29 is 0 Å². The predicted molar refractivity (Wildman–Crippen MR) is 99.1 cm³/mol. The summed E-state index contributed by atoms with van der Waals surface area (Å²) in [5, 5.41) is 0. The Kier molecular flexibility index (Phi) is 8.33. The van der Waals surface area contributed by atoms with Crippen LogP contribution in [0, 0.1) is 29.6 Å². The van der Waals surface area contributed by atoms with Gasteiger partial charge < -0.3 is 0 Å². The van der Waals surface area contributed by atoms with Crippen molar-refractivity contribution >= 4 is 0 Å². The molecule has 2 fully saturated rings. The molecule has 3 unspecified atom stereocenters. The fraction of sp³-hybridized carbons (Fsp3) is 1.00. The Hall–Kier alpha value is 0. The Bertz CT molecular complexity index is 274. The molecular formula is C22H42. The van der Waals surface area contributed by atoms with E-state index in [1.165, 1.54) is 44.9 Å². The lowest BCUT2D eigenvalue weighted by molar-refractivity contribution is 0.0919. The zero-order valence-electron chi connectivity index (χ0n) is 15.8. The van der Waals surface area contributed by atoms with Crippen LogP contribution in [-0.2, 0) is 0 Å². The Balaban J connectivity index is 1.69. The van der Waals surface area contributed by atoms with E-state index in [9.17, 15) is 0 Å². The van der Waals surface area contributed by atoms with E-state index in [1.807, 2.05) is 0 Å². The Morgan fingerprint density at radius 3 is 1.95 bits per heavy atom. The molecule has 0 bridgehead atoms. The van der Waals surface area contributed by atoms with Crippen molar-refractivity contribution in [3.05, 3.63) is 0 Å². The van der Waals surface area contributed by atoms with Crippen molar-refractivity contribution in [2.45, 2.75) is 111 Å². The molecule has 2 aliphatic rings. The molecule has 2 saturated carbocycles. The molecule has 0 radical (unpaired) electrons. The summed E-state index contributed by atoms with van der Waals surface area (Å²) in [6.07, 6.45) is 21.1. The number of unbranched alkanes of at least 4 members (excludes halogenated alkanes) is 3. The van der Waals surface area contributed by atoms with Gasteiger partial charge in [0.25, 0.3) is 0 Å². The third-order valence-electron chi connectivity index (χ3n) is 7.02. The normalized spacial score (nSPS) is 36.4. The summed E-state index contributed by atoms with van der Waals surface area (Å²) in [4.78, 5) is 0. The summed E-state index contributed by atoms with van der Waals surface area (Å²) in [6.45, 7) is 7.25. The molecule has 22 heavy (non-hydrogen) atoms. The van der Waals surface area contributed by atoms with Gasteiger partial charge in [0.05, 0.1) is 0 Å². The highest BCUT2D eigenvalue weighted by Gasteiger charge is 2.34. The lowest BCUT2D eigenvalue weighted by Gasteiger charge is -2.42. The van der Waals surface area contributed by atoms with Gasteiger partial charge in [0.2, 0.25) is 0 Å². The highest BCUT2D eigenvalue weighted by molar-refractivity contribution is 4.85. The number of hydrogen-bond acceptors (Lipinski definition) is 0. The second-order valence-corrected chi connectivity index (χ2v) is 8.74. The van der Waals surface area contributed by atoms with Gasteiger partial charge in [-0.3, -0.25) is 0 Å². The van der Waals surface area contributed by atoms with Gasteiger partial charge in [-0.2, -0.15) is 0 Å². The van der Waals surface area contributed by atoms with Gasteiger partial charge in [-0.1, -0.05) is 85.0 Å². The molecule has 0 spiro atoms. The second kappa shape index (κ2) is 9.99. The monoisotopic (exact) mass is 306 g/mol. The highest BCUT2D eigenvalue weighted by Crippen LogP contribution is 2.45. The quantitative estimate of drug-likeness (QED) is 0.405. The Labute approximate surface area is 140 Å². The first-order valence-electron chi connectivity index (χ1n) is 10.7. The minimum atomic E-state index is 1.01. The van der Waals surface area contributed by atoms with Gasteiger partial charge in [0, 0.05) is 0 Å². The Morgan fingerprint density at radius 1 is 0.682 bits per heavy atom. The first-order chi connectivity index (χ1) is 10.7. The average Bonchev–Trinajstić information content (AvgIpc) is 2.54. The van der Waals surface area contributed by atoms with Gasteiger partial charge in [0.15, 0.2) is 0 Å². The molecule has 0 aromatic rings. The molecule has 0 nitrogen and oxygen atoms in total. The fourth-order valence-corrected chi connectivity index (χ4v) is 5.57. The lowest BCUT2D eigenvalue weighted by Crippen LogP contribution is -2.31. The largest absolute Gasteiger partial charge is 0.0654 e. The SMILES string of the molecule is CCCCCC1CCC(C2CCC(CCCC)CC2)C(C)C1. The molecule has 2 rings (SSSR count). The maximum Gasteiger partial charge on any atom is -0.0360 e. The van der Waals surface area contributed by atoms with Crippen LogP contribution >= 0.6 is 0 Å². The van der Waals surface area contributed by atoms with Crippen molar-refractivity contribution in [1.29, 1.82) is 0 Å². The Morgan fingerprint density at radius 2 is 1.32 bits per heavy atom. The molecule has 0 amide bonds. The van der Waals surface area contributed by atoms with Crippen LogP contribution in [0.1, 0.15) is 111 Å². The molecule has 0 aromatic carbocycles. The second-order valence-electron chi connectivity index (χ2n) is 8.74. The summed E-state index contributed by atoms with van der Waals surface area (Å²) in [5.74, 6) is 5.33. The van der Waals surface area contributed by atoms with Crippen molar-refractivity contribution in [3.8, 4) is 0 Å². The minimum absolute atomic E-state index is 1.01. The van der Waals surface area contributed by atoms with Gasteiger partial charge in [0.1, 0.15) is 0 Å². The van der Waals surface area contributed by atoms with Crippen LogP contribution in [0.15, 0.2) is 0 Å². The van der Waals surface area contributed by atoms with Crippen molar-refractivity contribution in [3.63, 3.8) is 0 Å². The third kappa shape index (κ3) is 5.57. The molecule has 0 saturated heterocycles. The molecule has 0 N–H and O–H groups in total. The maximum atomic E-state index is 2.58. The standard InChI is InChI=1S/C22H42/c1-4-6-8-10-20-13-16-22(18(3)17-20)21-14-11-19(12-15-21)9-7-5-2/h18-22H,4-17H2,1-3H3. The van der Waals surface area contributed by atoms with Crippen LogP contribution < -0.4 is 0 Å². The zero-order valence-corrected chi connectivity index (χ0v) is 15.8. The van der Waals surface area contributed by atoms with E-state index >= 15 is 0 Å². The van der Waals surface area contributed by atoms with Gasteiger partial charge in [-0.15, -0.1) is 0 Å². The summed E-state index contributed by atoms with van der Waals surface area (Å²) in [7, 11) is 0. The first kappa shape index (κ1) is 18.3. The topological polar surface area (TPSA) is 0 Å². The minimum Gasteiger partial charge on any atom is -0.0654 e. The molecule has 0 heteroatoms. The molecule has 130 valence electrons. The van der Waals surface area contributed by atoms with Crippen LogP contribution in [0.25, 0.3) is 0 Å². The van der Waals surface area contributed by atoms with Crippen LogP contribution in [0.4, 0.5) is 0 Å². The van der Waals surface area contributed by atoms with Crippen molar-refractivity contribution in [1.82, 2.24) is 0 Å². The number of hydrogen-bond donors (Lipinski definition) is 0. The van der Waals surface area contributed by atoms with Crippen molar-refractivity contribution in [2.24, 2.45) is 29.6 Å². The van der Waals surface area contributed by atoms with Crippen LogP contribution in [0.3, 0.4) is 0 Å². The van der Waals surface area contributed by atoms with Crippen LogP contribution in [0.5, 0.6) is 0 Å². The van der Waals surface area contributed by atoms with E-state index in [0.717, 1.165) is 29.6 Å². The van der Waals surface area contributed by atoms with E-state index in [0.29, 0.717) is 0 Å². The zero-order chi connectivity index (χ0) is 15.8. The molecule has 0 heterocycles. The van der Waals surface area contributed by atoms with E-state index in [-0.39, 0.29) is 0 Å². The molecule has 2 aliphatic carbocycles. The number of rotatable bonds is 8. The smallest absolute Gasteiger partial charge is 0.0360 e.